The molecule has 0 atom stereocenters. The summed E-state index contributed by atoms with van der Waals surface area (Å²) in [7, 11) is 0. The molecule has 0 aromatic heterocycles. The van der Waals surface area contributed by atoms with Gasteiger partial charge in [-0.25, -0.2) is 0 Å². The van der Waals surface area contributed by atoms with Crippen molar-refractivity contribution in [2.75, 3.05) is 26.3 Å². The first kappa shape index (κ1) is 12.5. The number of amides is 2. The van der Waals surface area contributed by atoms with E-state index < -0.39 is 5.41 Å². The van der Waals surface area contributed by atoms with Crippen LogP contribution in [0.3, 0.4) is 0 Å². The average molecular weight is 240 g/mol. The largest absolute Gasteiger partial charge is 0.379 e. The van der Waals surface area contributed by atoms with Gasteiger partial charge in [0.05, 0.1) is 18.6 Å². The van der Waals surface area contributed by atoms with Crippen LogP contribution in [0.4, 0.5) is 0 Å². The molecule has 2 saturated heterocycles. The standard InChI is InChI=1S/C12H20N2O3/c1-2-12(7-17-8-12)11(16)14-10(15)9-3-5-13-6-4-9/h9,13H,2-8H2,1H3,(H,14,15,16). The Morgan fingerprint density at radius 2 is 2.00 bits per heavy atom. The highest BCUT2D eigenvalue weighted by molar-refractivity contribution is 5.99. The van der Waals surface area contributed by atoms with Gasteiger partial charge >= 0.3 is 0 Å². The zero-order valence-electron chi connectivity index (χ0n) is 10.3. The quantitative estimate of drug-likeness (QED) is 0.684. The maximum Gasteiger partial charge on any atom is 0.237 e. The van der Waals surface area contributed by atoms with Gasteiger partial charge in [-0.3, -0.25) is 14.9 Å². The van der Waals surface area contributed by atoms with Crippen molar-refractivity contribution in [3.05, 3.63) is 0 Å². The smallest absolute Gasteiger partial charge is 0.237 e. The molecule has 0 radical (unpaired) electrons. The zero-order chi connectivity index (χ0) is 12.3. The Morgan fingerprint density at radius 3 is 2.47 bits per heavy atom. The monoisotopic (exact) mass is 240 g/mol. The fourth-order valence-corrected chi connectivity index (χ4v) is 2.27. The predicted molar refractivity (Wildman–Crippen MR) is 62.3 cm³/mol. The third-order valence-electron chi connectivity index (χ3n) is 3.86. The van der Waals surface area contributed by atoms with Crippen LogP contribution in [0.15, 0.2) is 0 Å². The van der Waals surface area contributed by atoms with E-state index in [1.807, 2.05) is 6.92 Å². The number of nitrogens with one attached hydrogen (secondary N) is 2. The van der Waals surface area contributed by atoms with Crippen LogP contribution in [0.2, 0.25) is 0 Å². The maximum atomic E-state index is 12.0. The average Bonchev–Trinajstić information content (AvgIpc) is 2.29. The zero-order valence-corrected chi connectivity index (χ0v) is 10.3. The van der Waals surface area contributed by atoms with E-state index in [2.05, 4.69) is 10.6 Å². The van der Waals surface area contributed by atoms with Crippen molar-refractivity contribution in [2.24, 2.45) is 11.3 Å². The molecular formula is C12H20N2O3. The van der Waals surface area contributed by atoms with Crippen molar-refractivity contribution in [1.82, 2.24) is 10.6 Å². The number of carbonyl (C=O) groups excluding carboxylic acids is 2. The van der Waals surface area contributed by atoms with E-state index in [1.54, 1.807) is 0 Å². The van der Waals surface area contributed by atoms with E-state index in [1.165, 1.54) is 0 Å². The summed E-state index contributed by atoms with van der Waals surface area (Å²) in [6.45, 7) is 4.55. The van der Waals surface area contributed by atoms with E-state index in [0.29, 0.717) is 13.2 Å². The lowest BCUT2D eigenvalue weighted by Crippen LogP contribution is -2.56. The van der Waals surface area contributed by atoms with Crippen LogP contribution < -0.4 is 10.6 Å². The summed E-state index contributed by atoms with van der Waals surface area (Å²) in [6, 6.07) is 0. The molecule has 17 heavy (non-hydrogen) atoms. The first-order chi connectivity index (χ1) is 8.18. The van der Waals surface area contributed by atoms with Gasteiger partial charge in [-0.15, -0.1) is 0 Å². The summed E-state index contributed by atoms with van der Waals surface area (Å²) in [6.07, 6.45) is 2.35. The van der Waals surface area contributed by atoms with Crippen LogP contribution in [-0.2, 0) is 14.3 Å². The Bertz CT molecular complexity index is 301. The Kier molecular flexibility index (Phi) is 3.79. The fourth-order valence-electron chi connectivity index (χ4n) is 2.27. The van der Waals surface area contributed by atoms with Crippen molar-refractivity contribution in [1.29, 1.82) is 0 Å². The summed E-state index contributed by atoms with van der Waals surface area (Å²) in [5.41, 5.74) is -0.456. The first-order valence-corrected chi connectivity index (χ1v) is 6.32. The number of rotatable bonds is 3. The van der Waals surface area contributed by atoms with Crippen LogP contribution >= 0.6 is 0 Å². The molecule has 0 bridgehead atoms. The molecule has 2 fully saturated rings. The molecule has 0 aromatic carbocycles. The fraction of sp³-hybridized carbons (Fsp3) is 0.833. The van der Waals surface area contributed by atoms with Gasteiger partial charge < -0.3 is 10.1 Å². The van der Waals surface area contributed by atoms with Gasteiger partial charge in [-0.2, -0.15) is 0 Å². The van der Waals surface area contributed by atoms with E-state index >= 15 is 0 Å². The van der Waals surface area contributed by atoms with Crippen molar-refractivity contribution in [2.45, 2.75) is 26.2 Å². The van der Waals surface area contributed by atoms with Gasteiger partial charge in [0.2, 0.25) is 11.8 Å². The van der Waals surface area contributed by atoms with Crippen LogP contribution in [-0.4, -0.2) is 38.1 Å². The van der Waals surface area contributed by atoms with E-state index in [9.17, 15) is 9.59 Å². The minimum atomic E-state index is -0.456. The Morgan fingerprint density at radius 1 is 1.35 bits per heavy atom. The third-order valence-corrected chi connectivity index (χ3v) is 3.86. The molecule has 5 heteroatoms. The molecule has 2 aliphatic rings. The van der Waals surface area contributed by atoms with E-state index in [0.717, 1.165) is 32.4 Å². The normalized spacial score (nSPS) is 23.8. The highest BCUT2D eigenvalue weighted by atomic mass is 16.5. The number of piperidine rings is 1. The van der Waals surface area contributed by atoms with Crippen LogP contribution in [0.25, 0.3) is 0 Å². The van der Waals surface area contributed by atoms with Gasteiger partial charge in [0.1, 0.15) is 0 Å². The Balaban J connectivity index is 1.87. The van der Waals surface area contributed by atoms with Crippen molar-refractivity contribution in [3.63, 3.8) is 0 Å². The predicted octanol–water partition coefficient (Wildman–Crippen LogP) is 0.0554. The SMILES string of the molecule is CCC1(C(=O)NC(=O)C2CCNCC2)COC1. The number of ether oxygens (including phenoxy) is 1. The molecule has 2 N–H and O–H groups in total. The highest BCUT2D eigenvalue weighted by Gasteiger charge is 2.45. The van der Waals surface area contributed by atoms with Crippen molar-refractivity contribution < 1.29 is 14.3 Å². The van der Waals surface area contributed by atoms with E-state index in [4.69, 9.17) is 4.74 Å². The number of imide groups is 1. The van der Waals surface area contributed by atoms with Crippen LogP contribution in [0.1, 0.15) is 26.2 Å². The summed E-state index contributed by atoms with van der Waals surface area (Å²) in [5.74, 6) is -0.291. The lowest BCUT2D eigenvalue weighted by Gasteiger charge is -2.39. The van der Waals surface area contributed by atoms with Crippen LogP contribution in [0.5, 0.6) is 0 Å². The lowest BCUT2D eigenvalue weighted by molar-refractivity contribution is -0.164. The third kappa shape index (κ3) is 2.50. The Labute approximate surface area is 101 Å². The Hall–Kier alpha value is -0.940. The minimum Gasteiger partial charge on any atom is -0.379 e. The second-order valence-electron chi connectivity index (χ2n) is 4.97. The van der Waals surface area contributed by atoms with Gasteiger partial charge in [0, 0.05) is 5.92 Å². The molecule has 0 aromatic rings. The second-order valence-corrected chi connectivity index (χ2v) is 4.97. The molecule has 2 heterocycles. The highest BCUT2D eigenvalue weighted by Crippen LogP contribution is 2.31. The van der Waals surface area contributed by atoms with Gasteiger partial charge in [-0.05, 0) is 32.4 Å². The van der Waals surface area contributed by atoms with Gasteiger partial charge in [0.15, 0.2) is 0 Å². The molecule has 0 spiro atoms. The summed E-state index contributed by atoms with van der Waals surface area (Å²) < 4.78 is 5.10. The maximum absolute atomic E-state index is 12.0. The van der Waals surface area contributed by atoms with E-state index in [-0.39, 0.29) is 17.7 Å². The molecule has 5 nitrogen and oxygen atoms in total. The summed E-state index contributed by atoms with van der Waals surface area (Å²) >= 11 is 0. The molecule has 0 saturated carbocycles. The molecule has 2 aliphatic heterocycles. The minimum absolute atomic E-state index is 0.0184. The first-order valence-electron chi connectivity index (χ1n) is 6.32. The molecule has 0 unspecified atom stereocenters. The number of hydrogen-bond acceptors (Lipinski definition) is 4. The van der Waals surface area contributed by atoms with Crippen LogP contribution in [0, 0.1) is 11.3 Å². The molecule has 96 valence electrons. The lowest BCUT2D eigenvalue weighted by atomic mass is 9.82. The topological polar surface area (TPSA) is 67.4 Å². The molecule has 0 aliphatic carbocycles. The summed E-state index contributed by atoms with van der Waals surface area (Å²) in [4.78, 5) is 23.9. The van der Waals surface area contributed by atoms with Crippen molar-refractivity contribution >= 4 is 11.8 Å². The molecule has 2 rings (SSSR count). The van der Waals surface area contributed by atoms with Gasteiger partial charge in [0.25, 0.3) is 0 Å². The number of carbonyl (C=O) groups is 2. The van der Waals surface area contributed by atoms with Crippen molar-refractivity contribution in [3.8, 4) is 0 Å². The summed E-state index contributed by atoms with van der Waals surface area (Å²) in [5, 5.41) is 5.76. The molecule has 2 amide bonds. The molecular weight excluding hydrogens is 220 g/mol. The van der Waals surface area contributed by atoms with Gasteiger partial charge in [-0.1, -0.05) is 6.92 Å². The second kappa shape index (κ2) is 5.14. The number of hydrogen-bond donors (Lipinski definition) is 2.